The van der Waals surface area contributed by atoms with Crippen LogP contribution < -0.4 is 5.32 Å². The first-order chi connectivity index (χ1) is 6.26. The molecule has 0 aromatic carbocycles. The molecule has 0 fully saturated rings. The Bertz CT molecular complexity index is 168. The van der Waals surface area contributed by atoms with E-state index in [1.54, 1.807) is 0 Å². The van der Waals surface area contributed by atoms with Gasteiger partial charge in [0.05, 0.1) is 0 Å². The summed E-state index contributed by atoms with van der Waals surface area (Å²) in [5.41, 5.74) is 1.44. The van der Waals surface area contributed by atoms with Crippen LogP contribution in [-0.4, -0.2) is 13.1 Å². The third-order valence-corrected chi connectivity index (χ3v) is 2.27. The van der Waals surface area contributed by atoms with Gasteiger partial charge >= 0.3 is 0 Å². The predicted octanol–water partition coefficient (Wildman–Crippen LogP) is 3.14. The van der Waals surface area contributed by atoms with Gasteiger partial charge in [-0.15, -0.1) is 0 Å². The molecule has 0 aliphatic heterocycles. The van der Waals surface area contributed by atoms with Crippen LogP contribution in [0.15, 0.2) is 23.8 Å². The minimum atomic E-state index is 0.667. The van der Waals surface area contributed by atoms with Gasteiger partial charge in [-0.25, -0.2) is 0 Å². The molecule has 76 valence electrons. The molecule has 1 nitrogen and oxygen atoms in total. The van der Waals surface area contributed by atoms with Crippen LogP contribution in [0.3, 0.4) is 0 Å². The van der Waals surface area contributed by atoms with E-state index in [0.29, 0.717) is 5.92 Å². The van der Waals surface area contributed by atoms with Crippen molar-refractivity contribution in [2.75, 3.05) is 13.1 Å². The zero-order valence-corrected chi connectivity index (χ0v) is 9.43. The highest BCUT2D eigenvalue weighted by Crippen LogP contribution is 2.15. The maximum atomic E-state index is 3.35. The molecule has 0 aromatic rings. The lowest BCUT2D eigenvalue weighted by Crippen LogP contribution is -2.16. The Morgan fingerprint density at radius 3 is 2.54 bits per heavy atom. The average molecular weight is 181 g/mol. The lowest BCUT2D eigenvalue weighted by molar-refractivity contribution is 0.573. The summed E-state index contributed by atoms with van der Waals surface area (Å²) in [6.45, 7) is 10.8. The normalized spacial score (nSPS) is 15.2. The first-order valence-electron chi connectivity index (χ1n) is 5.25. The zero-order valence-electron chi connectivity index (χ0n) is 9.43. The van der Waals surface area contributed by atoms with Gasteiger partial charge in [-0.1, -0.05) is 32.1 Å². The molecule has 0 spiro atoms. The highest BCUT2D eigenvalue weighted by Gasteiger charge is 2.03. The summed E-state index contributed by atoms with van der Waals surface area (Å²) >= 11 is 0. The molecule has 0 aliphatic carbocycles. The van der Waals surface area contributed by atoms with E-state index in [-0.39, 0.29) is 0 Å². The molecule has 0 aromatic heterocycles. The number of nitrogens with one attached hydrogen (secondary N) is 1. The highest BCUT2D eigenvalue weighted by atomic mass is 14.8. The SMILES string of the molecule is C/C=C\C(=C/C)C(C)CCNCC. The Hall–Kier alpha value is -0.560. The summed E-state index contributed by atoms with van der Waals surface area (Å²) < 4.78 is 0. The van der Waals surface area contributed by atoms with Gasteiger partial charge in [-0.05, 0) is 44.8 Å². The van der Waals surface area contributed by atoms with E-state index in [1.807, 2.05) is 0 Å². The van der Waals surface area contributed by atoms with Crippen molar-refractivity contribution < 1.29 is 0 Å². The Morgan fingerprint density at radius 2 is 2.08 bits per heavy atom. The second kappa shape index (κ2) is 8.06. The molecule has 0 rings (SSSR count). The Morgan fingerprint density at radius 1 is 1.38 bits per heavy atom. The van der Waals surface area contributed by atoms with Crippen molar-refractivity contribution >= 4 is 0 Å². The van der Waals surface area contributed by atoms with Gasteiger partial charge in [0.15, 0.2) is 0 Å². The molecule has 0 aliphatic rings. The fourth-order valence-electron chi connectivity index (χ4n) is 1.40. The molecular formula is C12H23N. The van der Waals surface area contributed by atoms with E-state index in [4.69, 9.17) is 0 Å². The molecule has 1 N–H and O–H groups in total. The minimum Gasteiger partial charge on any atom is -0.317 e. The lowest BCUT2D eigenvalue weighted by atomic mass is 9.97. The van der Waals surface area contributed by atoms with Crippen molar-refractivity contribution in [3.8, 4) is 0 Å². The van der Waals surface area contributed by atoms with E-state index in [2.05, 4.69) is 51.2 Å². The summed E-state index contributed by atoms with van der Waals surface area (Å²) in [5, 5.41) is 3.35. The first-order valence-corrected chi connectivity index (χ1v) is 5.25. The van der Waals surface area contributed by atoms with Gasteiger partial charge in [0.1, 0.15) is 0 Å². The maximum absolute atomic E-state index is 3.35. The molecule has 0 saturated heterocycles. The second-order valence-electron chi connectivity index (χ2n) is 3.33. The van der Waals surface area contributed by atoms with Crippen molar-refractivity contribution in [2.45, 2.75) is 34.1 Å². The van der Waals surface area contributed by atoms with Crippen LogP contribution in [0.25, 0.3) is 0 Å². The van der Waals surface area contributed by atoms with E-state index in [9.17, 15) is 0 Å². The molecule has 0 amide bonds. The summed E-state index contributed by atoms with van der Waals surface area (Å²) in [4.78, 5) is 0. The maximum Gasteiger partial charge on any atom is -0.00433 e. The summed E-state index contributed by atoms with van der Waals surface area (Å²) in [6.07, 6.45) is 7.74. The highest BCUT2D eigenvalue weighted by molar-refractivity contribution is 5.19. The van der Waals surface area contributed by atoms with Crippen LogP contribution in [0.5, 0.6) is 0 Å². The second-order valence-corrected chi connectivity index (χ2v) is 3.33. The Labute approximate surface area is 82.9 Å². The van der Waals surface area contributed by atoms with E-state index in [1.165, 1.54) is 12.0 Å². The van der Waals surface area contributed by atoms with Crippen LogP contribution in [0, 0.1) is 5.92 Å². The molecule has 13 heavy (non-hydrogen) atoms. The molecule has 0 bridgehead atoms. The molecular weight excluding hydrogens is 158 g/mol. The van der Waals surface area contributed by atoms with Crippen LogP contribution in [0.1, 0.15) is 34.1 Å². The van der Waals surface area contributed by atoms with Gasteiger partial charge in [-0.2, -0.15) is 0 Å². The number of hydrogen-bond donors (Lipinski definition) is 1. The van der Waals surface area contributed by atoms with Crippen LogP contribution in [-0.2, 0) is 0 Å². The van der Waals surface area contributed by atoms with Gasteiger partial charge in [-0.3, -0.25) is 0 Å². The van der Waals surface area contributed by atoms with Crippen LogP contribution in [0.4, 0.5) is 0 Å². The summed E-state index contributed by atoms with van der Waals surface area (Å²) in [7, 11) is 0. The van der Waals surface area contributed by atoms with Crippen molar-refractivity contribution in [3.05, 3.63) is 23.8 Å². The van der Waals surface area contributed by atoms with Crippen molar-refractivity contribution in [3.63, 3.8) is 0 Å². The predicted molar refractivity (Wildman–Crippen MR) is 60.9 cm³/mol. The van der Waals surface area contributed by atoms with Crippen molar-refractivity contribution in [2.24, 2.45) is 5.92 Å². The van der Waals surface area contributed by atoms with E-state index >= 15 is 0 Å². The third kappa shape index (κ3) is 5.64. The van der Waals surface area contributed by atoms with Gasteiger partial charge in [0, 0.05) is 0 Å². The molecule has 1 heteroatoms. The zero-order chi connectivity index (χ0) is 10.1. The van der Waals surface area contributed by atoms with Gasteiger partial charge in [0.25, 0.3) is 0 Å². The monoisotopic (exact) mass is 181 g/mol. The van der Waals surface area contributed by atoms with E-state index < -0.39 is 0 Å². The minimum absolute atomic E-state index is 0.667. The molecule has 1 atom stereocenters. The average Bonchev–Trinajstić information content (AvgIpc) is 2.14. The number of allylic oxidation sites excluding steroid dienone is 4. The standard InChI is InChI=1S/C12H23N/c1-5-8-12(6-2)11(4)9-10-13-7-3/h5-6,8,11,13H,7,9-10H2,1-4H3/b8-5-,12-6+. The molecule has 0 heterocycles. The summed E-state index contributed by atoms with van der Waals surface area (Å²) in [6, 6.07) is 0. The van der Waals surface area contributed by atoms with Gasteiger partial charge < -0.3 is 5.32 Å². The number of rotatable bonds is 6. The fraction of sp³-hybridized carbons (Fsp3) is 0.667. The van der Waals surface area contributed by atoms with Gasteiger partial charge in [0.2, 0.25) is 0 Å². The molecule has 0 radical (unpaired) electrons. The Balaban J connectivity index is 3.85. The molecule has 1 unspecified atom stereocenters. The molecule has 0 saturated carbocycles. The fourth-order valence-corrected chi connectivity index (χ4v) is 1.40. The third-order valence-electron chi connectivity index (χ3n) is 2.27. The van der Waals surface area contributed by atoms with Crippen molar-refractivity contribution in [1.82, 2.24) is 5.32 Å². The first kappa shape index (κ1) is 12.4. The van der Waals surface area contributed by atoms with E-state index in [0.717, 1.165) is 13.1 Å². The van der Waals surface area contributed by atoms with Crippen LogP contribution in [0.2, 0.25) is 0 Å². The number of hydrogen-bond acceptors (Lipinski definition) is 1. The van der Waals surface area contributed by atoms with Crippen molar-refractivity contribution in [1.29, 1.82) is 0 Å². The summed E-state index contributed by atoms with van der Waals surface area (Å²) in [5.74, 6) is 0.667. The van der Waals surface area contributed by atoms with Crippen LogP contribution >= 0.6 is 0 Å². The smallest absolute Gasteiger partial charge is 0.00433 e. The lowest BCUT2D eigenvalue weighted by Gasteiger charge is -2.12. The quantitative estimate of drug-likeness (QED) is 0.490. The largest absolute Gasteiger partial charge is 0.317 e. The Kier molecular flexibility index (Phi) is 7.71. The topological polar surface area (TPSA) is 12.0 Å².